The Balaban J connectivity index is 1.64. The second-order valence-corrected chi connectivity index (χ2v) is 7.02. The minimum atomic E-state index is 0.738. The molecule has 0 aromatic heterocycles. The molecule has 2 nitrogen and oxygen atoms in total. The van der Waals surface area contributed by atoms with Gasteiger partial charge in [0.1, 0.15) is 0 Å². The van der Waals surface area contributed by atoms with E-state index in [1.807, 2.05) is 0 Å². The lowest BCUT2D eigenvalue weighted by atomic mass is 10.0. The summed E-state index contributed by atoms with van der Waals surface area (Å²) in [5.41, 5.74) is 4.29. The van der Waals surface area contributed by atoms with Gasteiger partial charge in [-0.05, 0) is 55.9 Å². The number of nitrogens with zero attached hydrogens (tertiary/aromatic N) is 1. The van der Waals surface area contributed by atoms with Gasteiger partial charge in [-0.15, -0.1) is 0 Å². The molecule has 0 aliphatic heterocycles. The molecule has 116 valence electrons. The van der Waals surface area contributed by atoms with Crippen LogP contribution in [0.4, 0.5) is 5.69 Å². The fourth-order valence-corrected chi connectivity index (χ4v) is 3.50. The van der Waals surface area contributed by atoms with Crippen molar-refractivity contribution in [3.05, 3.63) is 29.3 Å². The number of benzene rings is 1. The van der Waals surface area contributed by atoms with Gasteiger partial charge in [-0.2, -0.15) is 0 Å². The van der Waals surface area contributed by atoms with Gasteiger partial charge in [0.15, 0.2) is 0 Å². The molecule has 0 spiro atoms. The summed E-state index contributed by atoms with van der Waals surface area (Å²) in [4.78, 5) is 2.52. The number of hydrogen-bond acceptors (Lipinski definition) is 2. The molecule has 0 heterocycles. The molecule has 0 bridgehead atoms. The minimum absolute atomic E-state index is 0.738. The normalized spacial score (nSPS) is 20.3. The van der Waals surface area contributed by atoms with E-state index >= 15 is 0 Å². The monoisotopic (exact) mass is 286 g/mol. The Morgan fingerprint density at radius 2 is 1.76 bits per heavy atom. The fourth-order valence-electron chi connectivity index (χ4n) is 3.50. The van der Waals surface area contributed by atoms with Crippen LogP contribution in [0.2, 0.25) is 0 Å². The Morgan fingerprint density at radius 3 is 2.38 bits per heavy atom. The van der Waals surface area contributed by atoms with Crippen LogP contribution in [0.15, 0.2) is 18.2 Å². The van der Waals surface area contributed by atoms with E-state index in [1.165, 1.54) is 68.2 Å². The third kappa shape index (κ3) is 4.00. The number of anilines is 1. The zero-order chi connectivity index (χ0) is 14.7. The molecule has 0 amide bonds. The van der Waals surface area contributed by atoms with E-state index in [0.29, 0.717) is 0 Å². The molecule has 0 unspecified atom stereocenters. The molecule has 0 radical (unpaired) electrons. The first-order chi connectivity index (χ1) is 10.2. The van der Waals surface area contributed by atoms with Crippen LogP contribution >= 0.6 is 0 Å². The molecule has 0 atom stereocenters. The lowest BCUT2D eigenvalue weighted by molar-refractivity contribution is 0.553. The largest absolute Gasteiger partial charge is 0.372 e. The van der Waals surface area contributed by atoms with Crippen LogP contribution in [0.5, 0.6) is 0 Å². The van der Waals surface area contributed by atoms with Gasteiger partial charge in [0, 0.05) is 31.4 Å². The van der Waals surface area contributed by atoms with Crippen molar-refractivity contribution >= 4 is 5.69 Å². The third-order valence-electron chi connectivity index (χ3n) is 5.26. The van der Waals surface area contributed by atoms with Crippen LogP contribution in [0.25, 0.3) is 0 Å². The molecule has 3 rings (SSSR count). The van der Waals surface area contributed by atoms with Crippen LogP contribution < -0.4 is 10.2 Å². The zero-order valence-electron chi connectivity index (χ0n) is 13.7. The predicted octanol–water partition coefficient (Wildman–Crippen LogP) is 4.41. The summed E-state index contributed by atoms with van der Waals surface area (Å²) in [6.45, 7) is 3.29. The molecule has 2 aliphatic carbocycles. The Hall–Kier alpha value is -1.02. The van der Waals surface area contributed by atoms with Crippen molar-refractivity contribution < 1.29 is 0 Å². The molecular formula is C19H30N2. The molecule has 2 aliphatic rings. The summed E-state index contributed by atoms with van der Waals surface area (Å²) < 4.78 is 0. The van der Waals surface area contributed by atoms with Gasteiger partial charge in [0.25, 0.3) is 0 Å². The van der Waals surface area contributed by atoms with Crippen molar-refractivity contribution in [2.45, 2.75) is 76.9 Å². The zero-order valence-corrected chi connectivity index (χ0v) is 13.7. The summed E-state index contributed by atoms with van der Waals surface area (Å²) in [7, 11) is 2.28. The Bertz CT molecular complexity index is 457. The van der Waals surface area contributed by atoms with Gasteiger partial charge in [-0.1, -0.05) is 31.7 Å². The number of rotatable bonds is 5. The lowest BCUT2D eigenvalue weighted by Crippen LogP contribution is -2.31. The number of aryl methyl sites for hydroxylation is 1. The summed E-state index contributed by atoms with van der Waals surface area (Å²) in [5.74, 6) is 0. The topological polar surface area (TPSA) is 15.3 Å². The average molecular weight is 286 g/mol. The van der Waals surface area contributed by atoms with Crippen molar-refractivity contribution in [3.8, 4) is 0 Å². The molecule has 1 N–H and O–H groups in total. The van der Waals surface area contributed by atoms with Gasteiger partial charge in [-0.3, -0.25) is 0 Å². The second kappa shape index (κ2) is 6.83. The van der Waals surface area contributed by atoms with Gasteiger partial charge in [0.2, 0.25) is 0 Å². The minimum Gasteiger partial charge on any atom is -0.372 e. The van der Waals surface area contributed by atoms with Gasteiger partial charge in [-0.25, -0.2) is 0 Å². The highest BCUT2D eigenvalue weighted by atomic mass is 15.1. The third-order valence-corrected chi connectivity index (χ3v) is 5.26. The maximum atomic E-state index is 3.62. The van der Waals surface area contributed by atoms with E-state index in [1.54, 1.807) is 0 Å². The predicted molar refractivity (Wildman–Crippen MR) is 90.9 cm³/mol. The first-order valence-electron chi connectivity index (χ1n) is 8.80. The van der Waals surface area contributed by atoms with Crippen molar-refractivity contribution in [2.75, 3.05) is 11.9 Å². The van der Waals surface area contributed by atoms with E-state index in [4.69, 9.17) is 0 Å². The van der Waals surface area contributed by atoms with Gasteiger partial charge < -0.3 is 10.2 Å². The van der Waals surface area contributed by atoms with Crippen molar-refractivity contribution in [1.29, 1.82) is 0 Å². The maximum absolute atomic E-state index is 3.62. The van der Waals surface area contributed by atoms with Crippen LogP contribution in [0, 0.1) is 6.92 Å². The molecule has 2 fully saturated rings. The highest BCUT2D eigenvalue weighted by molar-refractivity contribution is 5.51. The molecular weight excluding hydrogens is 256 g/mol. The summed E-state index contributed by atoms with van der Waals surface area (Å²) in [5, 5.41) is 3.62. The van der Waals surface area contributed by atoms with E-state index in [-0.39, 0.29) is 0 Å². The van der Waals surface area contributed by atoms with Crippen LogP contribution in [0.1, 0.15) is 62.5 Å². The fraction of sp³-hybridized carbons (Fsp3) is 0.684. The SMILES string of the molecule is Cc1cc(N(C)C2CCCCCC2)ccc1CNC1CC1. The molecule has 2 saturated carbocycles. The Kier molecular flexibility index (Phi) is 4.84. The first kappa shape index (κ1) is 14.9. The van der Waals surface area contributed by atoms with E-state index < -0.39 is 0 Å². The Labute approximate surface area is 129 Å². The maximum Gasteiger partial charge on any atom is 0.0368 e. The summed E-state index contributed by atoms with van der Waals surface area (Å²) >= 11 is 0. The number of hydrogen-bond donors (Lipinski definition) is 1. The van der Waals surface area contributed by atoms with E-state index in [2.05, 4.69) is 42.4 Å². The van der Waals surface area contributed by atoms with E-state index in [0.717, 1.165) is 18.6 Å². The quantitative estimate of drug-likeness (QED) is 0.807. The summed E-state index contributed by atoms with van der Waals surface area (Å²) in [6, 6.07) is 8.56. The van der Waals surface area contributed by atoms with Crippen molar-refractivity contribution in [3.63, 3.8) is 0 Å². The standard InChI is InChI=1S/C19H30N2/c1-15-13-19(12-9-16(15)14-20-17-10-11-17)21(2)18-7-5-3-4-6-8-18/h9,12-13,17-18,20H,3-8,10-11,14H2,1-2H3. The second-order valence-electron chi connectivity index (χ2n) is 7.02. The smallest absolute Gasteiger partial charge is 0.0368 e. The van der Waals surface area contributed by atoms with Gasteiger partial charge >= 0.3 is 0 Å². The average Bonchev–Trinajstić information content (AvgIpc) is 3.32. The number of nitrogens with one attached hydrogen (secondary N) is 1. The lowest BCUT2D eigenvalue weighted by Gasteiger charge is -2.30. The molecule has 21 heavy (non-hydrogen) atoms. The van der Waals surface area contributed by atoms with Crippen LogP contribution in [0.3, 0.4) is 0 Å². The van der Waals surface area contributed by atoms with Crippen LogP contribution in [-0.2, 0) is 6.54 Å². The highest BCUT2D eigenvalue weighted by Crippen LogP contribution is 2.27. The van der Waals surface area contributed by atoms with E-state index in [9.17, 15) is 0 Å². The highest BCUT2D eigenvalue weighted by Gasteiger charge is 2.21. The molecule has 0 saturated heterocycles. The molecule has 1 aromatic rings. The van der Waals surface area contributed by atoms with Crippen LogP contribution in [-0.4, -0.2) is 19.1 Å². The van der Waals surface area contributed by atoms with Crippen molar-refractivity contribution in [2.24, 2.45) is 0 Å². The summed E-state index contributed by atoms with van der Waals surface area (Å²) in [6.07, 6.45) is 11.1. The first-order valence-corrected chi connectivity index (χ1v) is 8.80. The molecule has 2 heteroatoms. The van der Waals surface area contributed by atoms with Crippen molar-refractivity contribution in [1.82, 2.24) is 5.32 Å². The Morgan fingerprint density at radius 1 is 1.05 bits per heavy atom. The molecule has 1 aromatic carbocycles. The van der Waals surface area contributed by atoms with Gasteiger partial charge in [0.05, 0.1) is 0 Å².